The topological polar surface area (TPSA) is 24.5 Å². The smallest absolute Gasteiger partial charge is 0.0598 e. The van der Waals surface area contributed by atoms with Crippen molar-refractivity contribution in [3.63, 3.8) is 0 Å². The van der Waals surface area contributed by atoms with Gasteiger partial charge in [0.25, 0.3) is 0 Å². The van der Waals surface area contributed by atoms with E-state index in [9.17, 15) is 0 Å². The summed E-state index contributed by atoms with van der Waals surface area (Å²) in [4.78, 5) is 2.62. The minimum Gasteiger partial charge on any atom is -0.381 e. The zero-order valence-electron chi connectivity index (χ0n) is 12.2. The van der Waals surface area contributed by atoms with Gasteiger partial charge in [-0.2, -0.15) is 0 Å². The molecule has 4 atom stereocenters. The summed E-state index contributed by atoms with van der Waals surface area (Å²) in [6.07, 6.45) is 4.02. The van der Waals surface area contributed by atoms with E-state index in [2.05, 4.69) is 37.9 Å². The van der Waals surface area contributed by atoms with E-state index in [1.54, 1.807) is 0 Å². The van der Waals surface area contributed by atoms with Gasteiger partial charge in [-0.05, 0) is 40.0 Å². The number of rotatable bonds is 6. The highest BCUT2D eigenvalue weighted by molar-refractivity contribution is 4.83. The quantitative estimate of drug-likeness (QED) is 0.773. The summed E-state index contributed by atoms with van der Waals surface area (Å²) in [6.45, 7) is 11.4. The predicted molar refractivity (Wildman–Crippen MR) is 73.4 cm³/mol. The Bertz CT molecular complexity index is 210. The average Bonchev–Trinajstić information content (AvgIpc) is 2.35. The van der Waals surface area contributed by atoms with E-state index in [1.165, 1.54) is 25.8 Å². The van der Waals surface area contributed by atoms with E-state index in [1.807, 2.05) is 7.11 Å². The molecule has 0 amide bonds. The van der Waals surface area contributed by atoms with E-state index in [0.717, 1.165) is 6.54 Å². The molecule has 0 saturated carbocycles. The number of hydrogen-bond acceptors (Lipinski definition) is 3. The molecule has 4 unspecified atom stereocenters. The lowest BCUT2D eigenvalue weighted by molar-refractivity contribution is 0.00157. The summed E-state index contributed by atoms with van der Waals surface area (Å²) >= 11 is 0. The fourth-order valence-electron chi connectivity index (χ4n) is 2.65. The molecule has 1 rings (SSSR count). The Morgan fingerprint density at radius 2 is 2.12 bits per heavy atom. The Balaban J connectivity index is 2.34. The zero-order valence-corrected chi connectivity index (χ0v) is 12.2. The zero-order chi connectivity index (χ0) is 12.8. The Morgan fingerprint density at radius 3 is 2.65 bits per heavy atom. The van der Waals surface area contributed by atoms with Gasteiger partial charge in [-0.15, -0.1) is 0 Å². The second kappa shape index (κ2) is 7.34. The van der Waals surface area contributed by atoms with Gasteiger partial charge in [0, 0.05) is 38.3 Å². The van der Waals surface area contributed by atoms with E-state index >= 15 is 0 Å². The minimum absolute atomic E-state index is 0.468. The third kappa shape index (κ3) is 4.57. The number of likely N-dealkylation sites (tertiary alicyclic amines) is 1. The summed E-state index contributed by atoms with van der Waals surface area (Å²) < 4.78 is 5.46. The molecular formula is C14H30N2O. The Morgan fingerprint density at radius 1 is 1.41 bits per heavy atom. The van der Waals surface area contributed by atoms with Crippen molar-refractivity contribution in [1.82, 2.24) is 10.2 Å². The maximum absolute atomic E-state index is 5.46. The van der Waals surface area contributed by atoms with Crippen molar-refractivity contribution in [3.05, 3.63) is 0 Å². The molecule has 17 heavy (non-hydrogen) atoms. The highest BCUT2D eigenvalue weighted by Gasteiger charge is 2.28. The molecule has 1 aliphatic rings. The first-order valence-electron chi connectivity index (χ1n) is 7.10. The first-order valence-corrected chi connectivity index (χ1v) is 7.10. The van der Waals surface area contributed by atoms with Crippen LogP contribution in [0.1, 0.15) is 47.0 Å². The molecule has 3 heteroatoms. The fraction of sp³-hybridized carbons (Fsp3) is 1.00. The SMILES string of the molecule is CCC(C)NCC(C)N1CCC(OC)CC1C. The third-order valence-corrected chi connectivity index (χ3v) is 4.15. The largest absolute Gasteiger partial charge is 0.381 e. The number of nitrogens with one attached hydrogen (secondary N) is 1. The molecule has 0 aromatic heterocycles. The molecule has 0 spiro atoms. The van der Waals surface area contributed by atoms with E-state index in [-0.39, 0.29) is 0 Å². The van der Waals surface area contributed by atoms with Crippen molar-refractivity contribution in [2.75, 3.05) is 20.2 Å². The van der Waals surface area contributed by atoms with Gasteiger partial charge < -0.3 is 10.1 Å². The molecule has 1 fully saturated rings. The van der Waals surface area contributed by atoms with Gasteiger partial charge in [0.1, 0.15) is 0 Å². The predicted octanol–water partition coefficient (Wildman–Crippen LogP) is 2.26. The summed E-state index contributed by atoms with van der Waals surface area (Å²) in [5.74, 6) is 0. The van der Waals surface area contributed by atoms with Gasteiger partial charge in [-0.3, -0.25) is 4.90 Å². The average molecular weight is 242 g/mol. The molecule has 0 aromatic rings. The van der Waals surface area contributed by atoms with E-state index in [0.29, 0.717) is 24.2 Å². The van der Waals surface area contributed by atoms with Crippen molar-refractivity contribution < 1.29 is 4.74 Å². The van der Waals surface area contributed by atoms with Crippen LogP contribution in [0.25, 0.3) is 0 Å². The van der Waals surface area contributed by atoms with Gasteiger partial charge in [0.15, 0.2) is 0 Å². The molecule has 0 aliphatic carbocycles. The minimum atomic E-state index is 0.468. The van der Waals surface area contributed by atoms with Crippen LogP contribution in [-0.4, -0.2) is 49.3 Å². The molecule has 0 radical (unpaired) electrons. The van der Waals surface area contributed by atoms with E-state index in [4.69, 9.17) is 4.74 Å². The summed E-state index contributed by atoms with van der Waals surface area (Å²) in [6, 6.07) is 1.89. The first kappa shape index (κ1) is 14.9. The molecule has 1 heterocycles. The lowest BCUT2D eigenvalue weighted by atomic mass is 9.98. The summed E-state index contributed by atoms with van der Waals surface area (Å²) in [5.41, 5.74) is 0. The molecular weight excluding hydrogens is 212 g/mol. The van der Waals surface area contributed by atoms with Crippen LogP contribution in [0.15, 0.2) is 0 Å². The number of ether oxygens (including phenoxy) is 1. The second-order valence-electron chi connectivity index (χ2n) is 5.54. The Hall–Kier alpha value is -0.120. The molecule has 1 aliphatic heterocycles. The molecule has 0 bridgehead atoms. The van der Waals surface area contributed by atoms with Gasteiger partial charge in [0.2, 0.25) is 0 Å². The Labute approximate surface area is 107 Å². The van der Waals surface area contributed by atoms with Crippen LogP contribution in [0.5, 0.6) is 0 Å². The maximum atomic E-state index is 5.46. The third-order valence-electron chi connectivity index (χ3n) is 4.15. The maximum Gasteiger partial charge on any atom is 0.0598 e. The summed E-state index contributed by atoms with van der Waals surface area (Å²) in [5, 5.41) is 3.60. The monoisotopic (exact) mass is 242 g/mol. The number of hydrogen-bond donors (Lipinski definition) is 1. The number of nitrogens with zero attached hydrogens (tertiary/aromatic N) is 1. The van der Waals surface area contributed by atoms with Crippen LogP contribution in [0.3, 0.4) is 0 Å². The number of piperidine rings is 1. The van der Waals surface area contributed by atoms with Crippen LogP contribution < -0.4 is 5.32 Å². The first-order chi connectivity index (χ1) is 8.08. The molecule has 0 aromatic carbocycles. The Kier molecular flexibility index (Phi) is 6.45. The normalized spacial score (nSPS) is 30.2. The van der Waals surface area contributed by atoms with Crippen LogP contribution in [0.2, 0.25) is 0 Å². The lowest BCUT2D eigenvalue weighted by Crippen LogP contribution is -2.51. The summed E-state index contributed by atoms with van der Waals surface area (Å²) in [7, 11) is 1.83. The fourth-order valence-corrected chi connectivity index (χ4v) is 2.65. The van der Waals surface area contributed by atoms with Crippen molar-refractivity contribution in [1.29, 1.82) is 0 Å². The second-order valence-corrected chi connectivity index (χ2v) is 5.54. The van der Waals surface area contributed by atoms with Crippen molar-refractivity contribution in [2.24, 2.45) is 0 Å². The van der Waals surface area contributed by atoms with Gasteiger partial charge in [-0.1, -0.05) is 6.92 Å². The van der Waals surface area contributed by atoms with Crippen molar-refractivity contribution in [2.45, 2.75) is 71.2 Å². The van der Waals surface area contributed by atoms with Crippen molar-refractivity contribution >= 4 is 0 Å². The molecule has 1 N–H and O–H groups in total. The standard InChI is InChI=1S/C14H30N2O/c1-6-11(2)15-10-13(4)16-8-7-14(17-5)9-12(16)3/h11-15H,6-10H2,1-5H3. The molecule has 102 valence electrons. The van der Waals surface area contributed by atoms with Crippen LogP contribution in [0, 0.1) is 0 Å². The highest BCUT2D eigenvalue weighted by Crippen LogP contribution is 2.21. The molecule has 3 nitrogen and oxygen atoms in total. The van der Waals surface area contributed by atoms with Crippen LogP contribution >= 0.6 is 0 Å². The van der Waals surface area contributed by atoms with Crippen molar-refractivity contribution in [3.8, 4) is 0 Å². The number of methoxy groups -OCH3 is 1. The van der Waals surface area contributed by atoms with Crippen LogP contribution in [0.4, 0.5) is 0 Å². The van der Waals surface area contributed by atoms with Crippen LogP contribution in [-0.2, 0) is 4.74 Å². The van der Waals surface area contributed by atoms with Gasteiger partial charge in [-0.25, -0.2) is 0 Å². The van der Waals surface area contributed by atoms with E-state index < -0.39 is 0 Å². The van der Waals surface area contributed by atoms with Gasteiger partial charge >= 0.3 is 0 Å². The highest BCUT2D eigenvalue weighted by atomic mass is 16.5. The van der Waals surface area contributed by atoms with Gasteiger partial charge in [0.05, 0.1) is 6.10 Å². The lowest BCUT2D eigenvalue weighted by Gasteiger charge is -2.41. The molecule has 1 saturated heterocycles.